The van der Waals surface area contributed by atoms with Gasteiger partial charge in [0.05, 0.1) is 26.3 Å². The molecule has 0 aliphatic carbocycles. The second-order valence-corrected chi connectivity index (χ2v) is 10.4. The van der Waals surface area contributed by atoms with Crippen LogP contribution in [0, 0.1) is 0 Å². The SMILES string of the molecule is COC(=O)N(Cc1cc(NS(C)(=O)=O)ccc1Oc1cccc(CC(=O)O)c1)[C@@H](C)Cc1ccccc1. The molecule has 3 aromatic rings. The number of methoxy groups -OCH3 is 1. The van der Waals surface area contributed by atoms with E-state index in [1.165, 1.54) is 7.11 Å². The van der Waals surface area contributed by atoms with E-state index in [0.29, 0.717) is 34.7 Å². The summed E-state index contributed by atoms with van der Waals surface area (Å²) < 4.78 is 37.2. The van der Waals surface area contributed by atoms with Gasteiger partial charge < -0.3 is 19.5 Å². The number of amides is 1. The molecule has 196 valence electrons. The summed E-state index contributed by atoms with van der Waals surface area (Å²) in [4.78, 5) is 25.4. The molecule has 37 heavy (non-hydrogen) atoms. The number of rotatable bonds is 11. The first-order chi connectivity index (χ1) is 17.5. The third-order valence-corrected chi connectivity index (χ3v) is 6.11. The van der Waals surface area contributed by atoms with Crippen LogP contribution < -0.4 is 9.46 Å². The number of carbonyl (C=O) groups is 2. The Labute approximate surface area is 216 Å². The zero-order valence-corrected chi connectivity index (χ0v) is 21.7. The van der Waals surface area contributed by atoms with Crippen molar-refractivity contribution in [1.82, 2.24) is 4.90 Å². The van der Waals surface area contributed by atoms with Crippen molar-refractivity contribution < 1.29 is 32.6 Å². The van der Waals surface area contributed by atoms with E-state index in [4.69, 9.17) is 14.6 Å². The molecule has 0 bridgehead atoms. The Bertz CT molecular complexity index is 1340. The van der Waals surface area contributed by atoms with Crippen molar-refractivity contribution in [2.24, 2.45) is 0 Å². The van der Waals surface area contributed by atoms with Gasteiger partial charge in [-0.25, -0.2) is 13.2 Å². The quantitative estimate of drug-likeness (QED) is 0.372. The minimum absolute atomic E-state index is 0.0735. The number of carbonyl (C=O) groups excluding carboxylic acids is 1. The number of hydrogen-bond donors (Lipinski definition) is 2. The molecular weight excluding hydrogens is 496 g/mol. The van der Waals surface area contributed by atoms with Crippen LogP contribution in [0.4, 0.5) is 10.5 Å². The molecule has 1 amide bonds. The van der Waals surface area contributed by atoms with Crippen LogP contribution in [0.3, 0.4) is 0 Å². The minimum atomic E-state index is -3.54. The number of ether oxygens (including phenoxy) is 2. The van der Waals surface area contributed by atoms with Crippen LogP contribution in [0.15, 0.2) is 72.8 Å². The van der Waals surface area contributed by atoms with E-state index >= 15 is 0 Å². The topological polar surface area (TPSA) is 122 Å². The molecule has 9 nitrogen and oxygen atoms in total. The van der Waals surface area contributed by atoms with Crippen molar-refractivity contribution in [3.05, 3.63) is 89.5 Å². The van der Waals surface area contributed by atoms with Crippen molar-refractivity contribution in [3.63, 3.8) is 0 Å². The number of benzene rings is 3. The van der Waals surface area contributed by atoms with Crippen LogP contribution in [0.2, 0.25) is 0 Å². The van der Waals surface area contributed by atoms with Crippen molar-refractivity contribution in [2.45, 2.75) is 32.4 Å². The Morgan fingerprint density at radius 1 is 1.00 bits per heavy atom. The lowest BCUT2D eigenvalue weighted by molar-refractivity contribution is -0.136. The monoisotopic (exact) mass is 526 g/mol. The van der Waals surface area contributed by atoms with Crippen molar-refractivity contribution >= 4 is 27.8 Å². The lowest BCUT2D eigenvalue weighted by Gasteiger charge is -2.29. The fraction of sp³-hybridized carbons (Fsp3) is 0.259. The highest BCUT2D eigenvalue weighted by atomic mass is 32.2. The smallest absolute Gasteiger partial charge is 0.410 e. The van der Waals surface area contributed by atoms with E-state index in [1.807, 2.05) is 37.3 Å². The van der Waals surface area contributed by atoms with Gasteiger partial charge in [-0.1, -0.05) is 42.5 Å². The van der Waals surface area contributed by atoms with E-state index in [-0.39, 0.29) is 19.0 Å². The van der Waals surface area contributed by atoms with Gasteiger partial charge in [0, 0.05) is 17.3 Å². The van der Waals surface area contributed by atoms with E-state index in [9.17, 15) is 18.0 Å². The average Bonchev–Trinajstić information content (AvgIpc) is 2.83. The Morgan fingerprint density at radius 3 is 2.35 bits per heavy atom. The Hall–Kier alpha value is -4.05. The number of aliphatic carboxylic acids is 1. The molecular formula is C27H30N2O7S. The average molecular weight is 527 g/mol. The van der Waals surface area contributed by atoms with E-state index < -0.39 is 22.1 Å². The van der Waals surface area contributed by atoms with Gasteiger partial charge in [-0.3, -0.25) is 9.52 Å². The lowest BCUT2D eigenvalue weighted by atomic mass is 10.0. The Balaban J connectivity index is 1.96. The number of nitrogens with zero attached hydrogens (tertiary/aromatic N) is 1. The maximum absolute atomic E-state index is 12.8. The number of anilines is 1. The number of sulfonamides is 1. The molecule has 10 heteroatoms. The molecule has 0 aliphatic rings. The van der Waals surface area contributed by atoms with Crippen LogP contribution in [-0.4, -0.2) is 49.9 Å². The van der Waals surface area contributed by atoms with E-state index in [2.05, 4.69) is 4.72 Å². The molecule has 0 heterocycles. The Kier molecular flexibility index (Phi) is 9.13. The fourth-order valence-corrected chi connectivity index (χ4v) is 4.42. The van der Waals surface area contributed by atoms with Crippen molar-refractivity contribution in [1.29, 1.82) is 0 Å². The first kappa shape index (κ1) is 27.5. The fourth-order valence-electron chi connectivity index (χ4n) is 3.87. The van der Waals surface area contributed by atoms with Gasteiger partial charge in [0.15, 0.2) is 0 Å². The third-order valence-electron chi connectivity index (χ3n) is 5.50. The maximum atomic E-state index is 12.8. The van der Waals surface area contributed by atoms with Crippen LogP contribution in [0.5, 0.6) is 11.5 Å². The molecule has 0 radical (unpaired) electrons. The second kappa shape index (κ2) is 12.3. The van der Waals surface area contributed by atoms with Gasteiger partial charge in [0.1, 0.15) is 11.5 Å². The van der Waals surface area contributed by atoms with Crippen molar-refractivity contribution in [2.75, 3.05) is 18.1 Å². The first-order valence-corrected chi connectivity index (χ1v) is 13.4. The molecule has 1 atom stereocenters. The standard InChI is InChI=1S/C27H30N2O7S/c1-19(14-20-8-5-4-6-9-20)29(27(32)35-2)18-22-17-23(28-37(3,33)34)12-13-25(22)36-24-11-7-10-21(15-24)16-26(30)31/h4-13,15,17,19,28H,14,16,18H2,1-3H3,(H,30,31)/t19-/m0/s1. The summed E-state index contributed by atoms with van der Waals surface area (Å²) in [5.41, 5.74) is 2.45. The van der Waals surface area contributed by atoms with Crippen LogP contribution >= 0.6 is 0 Å². The summed E-state index contributed by atoms with van der Waals surface area (Å²) in [6.45, 7) is 1.97. The molecule has 2 N–H and O–H groups in total. The highest BCUT2D eigenvalue weighted by Crippen LogP contribution is 2.31. The molecule has 0 saturated carbocycles. The molecule has 0 aromatic heterocycles. The lowest BCUT2D eigenvalue weighted by Crippen LogP contribution is -2.39. The summed E-state index contributed by atoms with van der Waals surface area (Å²) >= 11 is 0. The summed E-state index contributed by atoms with van der Waals surface area (Å²) in [7, 11) is -2.24. The van der Waals surface area contributed by atoms with E-state index in [1.54, 1.807) is 47.4 Å². The zero-order valence-electron chi connectivity index (χ0n) is 20.9. The van der Waals surface area contributed by atoms with Gasteiger partial charge in [0.2, 0.25) is 10.0 Å². The second-order valence-electron chi connectivity index (χ2n) is 8.65. The molecule has 3 aromatic carbocycles. The predicted octanol–water partition coefficient (Wildman–Crippen LogP) is 4.68. The highest BCUT2D eigenvalue weighted by Gasteiger charge is 2.24. The van der Waals surface area contributed by atoms with Crippen LogP contribution in [0.25, 0.3) is 0 Å². The van der Waals surface area contributed by atoms with Crippen molar-refractivity contribution in [3.8, 4) is 11.5 Å². The first-order valence-electron chi connectivity index (χ1n) is 11.5. The number of hydrogen-bond acceptors (Lipinski definition) is 6. The highest BCUT2D eigenvalue weighted by molar-refractivity contribution is 7.92. The maximum Gasteiger partial charge on any atom is 0.410 e. The Morgan fingerprint density at radius 2 is 1.70 bits per heavy atom. The van der Waals surface area contributed by atoms with Gasteiger partial charge in [-0.2, -0.15) is 0 Å². The normalized spacial score (nSPS) is 11.9. The largest absolute Gasteiger partial charge is 0.481 e. The number of carboxylic acids is 1. The molecule has 0 saturated heterocycles. The van der Waals surface area contributed by atoms with E-state index in [0.717, 1.165) is 11.8 Å². The van der Waals surface area contributed by atoms with Gasteiger partial charge >= 0.3 is 12.1 Å². The summed E-state index contributed by atoms with van der Waals surface area (Å²) in [6.07, 6.45) is 0.923. The number of nitrogens with one attached hydrogen (secondary N) is 1. The summed E-state index contributed by atoms with van der Waals surface area (Å²) in [5.74, 6) is -0.173. The summed E-state index contributed by atoms with van der Waals surface area (Å²) in [6, 6.07) is 20.9. The molecule has 0 fully saturated rings. The zero-order chi connectivity index (χ0) is 27.0. The third kappa shape index (κ3) is 8.53. The van der Waals surface area contributed by atoms with Crippen LogP contribution in [0.1, 0.15) is 23.6 Å². The van der Waals surface area contributed by atoms with Gasteiger partial charge in [0.25, 0.3) is 0 Å². The molecule has 0 unspecified atom stereocenters. The molecule has 0 spiro atoms. The van der Waals surface area contributed by atoms with Gasteiger partial charge in [-0.15, -0.1) is 0 Å². The van der Waals surface area contributed by atoms with Gasteiger partial charge in [-0.05, 0) is 54.8 Å². The predicted molar refractivity (Wildman–Crippen MR) is 140 cm³/mol. The molecule has 3 rings (SSSR count). The minimum Gasteiger partial charge on any atom is -0.481 e. The summed E-state index contributed by atoms with van der Waals surface area (Å²) in [5, 5.41) is 9.10. The molecule has 0 aliphatic heterocycles. The number of carboxylic acid groups (broad SMARTS) is 1. The van der Waals surface area contributed by atoms with Crippen LogP contribution in [-0.2, 0) is 38.9 Å².